The summed E-state index contributed by atoms with van der Waals surface area (Å²) >= 11 is 0.995. The molecule has 1 aliphatic heterocycles. The van der Waals surface area contributed by atoms with Crippen LogP contribution in [0.3, 0.4) is 0 Å². The first kappa shape index (κ1) is 13.6. The van der Waals surface area contributed by atoms with E-state index in [4.69, 9.17) is 5.11 Å². The minimum Gasteiger partial charge on any atom is -0.481 e. The summed E-state index contributed by atoms with van der Waals surface area (Å²) < 4.78 is 0. The number of anilines is 1. The summed E-state index contributed by atoms with van der Waals surface area (Å²) in [6, 6.07) is 7.13. The van der Waals surface area contributed by atoms with Crippen LogP contribution in [0.1, 0.15) is 12.0 Å². The van der Waals surface area contributed by atoms with Crippen molar-refractivity contribution in [3.05, 3.63) is 29.8 Å². The van der Waals surface area contributed by atoms with E-state index in [1.165, 1.54) is 0 Å². The number of carbonyl (C=O) groups is 3. The van der Waals surface area contributed by atoms with Gasteiger partial charge in [-0.1, -0.05) is 12.1 Å². The number of hydrogen-bond donors (Lipinski definition) is 1. The smallest absolute Gasteiger partial charge is 0.313 e. The van der Waals surface area contributed by atoms with Gasteiger partial charge in [0.2, 0.25) is 11.8 Å². The van der Waals surface area contributed by atoms with Crippen molar-refractivity contribution in [2.24, 2.45) is 0 Å². The maximum atomic E-state index is 12.1. The standard InChI is InChI=1S/C13H13NO4S/c1-8-3-2-4-9(5-8)14-11(15)6-10(13(14)18)19-7-12(16)17/h2-5,10H,6-7H2,1H3,(H,16,17)/t10-/m1/s1. The van der Waals surface area contributed by atoms with Crippen LogP contribution in [0, 0.1) is 6.92 Å². The lowest BCUT2D eigenvalue weighted by Crippen LogP contribution is -2.31. The molecule has 1 N–H and O–H groups in total. The van der Waals surface area contributed by atoms with Crippen molar-refractivity contribution in [3.63, 3.8) is 0 Å². The molecule has 1 atom stereocenters. The van der Waals surface area contributed by atoms with Gasteiger partial charge in [-0.25, -0.2) is 4.90 Å². The zero-order valence-corrected chi connectivity index (χ0v) is 11.1. The van der Waals surface area contributed by atoms with Crippen LogP contribution in [0.5, 0.6) is 0 Å². The monoisotopic (exact) mass is 279 g/mol. The number of hydrogen-bond acceptors (Lipinski definition) is 4. The van der Waals surface area contributed by atoms with Crippen LogP contribution < -0.4 is 4.90 Å². The maximum absolute atomic E-state index is 12.1. The Balaban J connectivity index is 2.17. The van der Waals surface area contributed by atoms with Crippen molar-refractivity contribution in [2.45, 2.75) is 18.6 Å². The highest BCUT2D eigenvalue weighted by atomic mass is 32.2. The Morgan fingerprint density at radius 3 is 2.84 bits per heavy atom. The average Bonchev–Trinajstić information content (AvgIpc) is 2.62. The van der Waals surface area contributed by atoms with Crippen LogP contribution in [0.15, 0.2) is 24.3 Å². The predicted octanol–water partition coefficient (Wildman–Crippen LogP) is 1.44. The van der Waals surface area contributed by atoms with Gasteiger partial charge < -0.3 is 5.11 Å². The molecule has 1 fully saturated rings. The van der Waals surface area contributed by atoms with E-state index in [1.54, 1.807) is 18.2 Å². The first-order valence-corrected chi connectivity index (χ1v) is 6.81. The van der Waals surface area contributed by atoms with E-state index in [0.717, 1.165) is 22.2 Å². The van der Waals surface area contributed by atoms with Gasteiger partial charge in [0, 0.05) is 6.42 Å². The van der Waals surface area contributed by atoms with E-state index in [0.29, 0.717) is 5.69 Å². The number of nitrogens with zero attached hydrogens (tertiary/aromatic N) is 1. The molecule has 0 radical (unpaired) electrons. The first-order chi connectivity index (χ1) is 8.99. The van der Waals surface area contributed by atoms with E-state index >= 15 is 0 Å². The number of aliphatic carboxylic acids is 1. The quantitative estimate of drug-likeness (QED) is 0.844. The van der Waals surface area contributed by atoms with Crippen LogP contribution in [-0.2, 0) is 14.4 Å². The van der Waals surface area contributed by atoms with E-state index in [-0.39, 0.29) is 24.0 Å². The molecule has 0 bridgehead atoms. The van der Waals surface area contributed by atoms with Gasteiger partial charge in [0.15, 0.2) is 0 Å². The first-order valence-electron chi connectivity index (χ1n) is 5.76. The fraction of sp³-hybridized carbons (Fsp3) is 0.308. The molecular formula is C13H13NO4S. The van der Waals surface area contributed by atoms with Gasteiger partial charge in [-0.15, -0.1) is 11.8 Å². The van der Waals surface area contributed by atoms with Crippen molar-refractivity contribution in [3.8, 4) is 0 Å². The number of carboxylic acids is 1. The maximum Gasteiger partial charge on any atom is 0.313 e. The molecule has 5 nitrogen and oxygen atoms in total. The van der Waals surface area contributed by atoms with Crippen LogP contribution in [0.4, 0.5) is 5.69 Å². The number of amides is 2. The van der Waals surface area contributed by atoms with Crippen LogP contribution >= 0.6 is 11.8 Å². The second kappa shape index (κ2) is 5.44. The lowest BCUT2D eigenvalue weighted by atomic mass is 10.2. The minimum absolute atomic E-state index is 0.0602. The molecule has 1 heterocycles. The lowest BCUT2D eigenvalue weighted by molar-refractivity contribution is -0.134. The van der Waals surface area contributed by atoms with E-state index in [9.17, 15) is 14.4 Å². The molecule has 2 amide bonds. The minimum atomic E-state index is -0.987. The fourth-order valence-corrected chi connectivity index (χ4v) is 2.80. The van der Waals surface area contributed by atoms with Gasteiger partial charge in [-0.05, 0) is 24.6 Å². The second-order valence-electron chi connectivity index (χ2n) is 4.30. The highest BCUT2D eigenvalue weighted by Gasteiger charge is 2.39. The molecular weight excluding hydrogens is 266 g/mol. The third kappa shape index (κ3) is 2.96. The van der Waals surface area contributed by atoms with Gasteiger partial charge in [0.1, 0.15) is 0 Å². The number of carbonyl (C=O) groups excluding carboxylic acids is 2. The van der Waals surface area contributed by atoms with Crippen molar-refractivity contribution in [1.29, 1.82) is 0 Å². The zero-order valence-electron chi connectivity index (χ0n) is 10.3. The summed E-state index contributed by atoms with van der Waals surface area (Å²) in [5, 5.41) is 8.02. The molecule has 0 saturated carbocycles. The number of imide groups is 1. The van der Waals surface area contributed by atoms with Crippen molar-refractivity contribution < 1.29 is 19.5 Å². The Labute approximate surface area is 114 Å². The van der Waals surface area contributed by atoms with E-state index in [1.807, 2.05) is 13.0 Å². The van der Waals surface area contributed by atoms with Gasteiger partial charge in [0.25, 0.3) is 0 Å². The fourth-order valence-electron chi connectivity index (χ4n) is 1.94. The molecule has 19 heavy (non-hydrogen) atoms. The Morgan fingerprint density at radius 1 is 1.47 bits per heavy atom. The Morgan fingerprint density at radius 2 is 2.21 bits per heavy atom. The third-order valence-corrected chi connectivity index (χ3v) is 3.96. The molecule has 2 rings (SSSR count). The Kier molecular flexibility index (Phi) is 3.90. The van der Waals surface area contributed by atoms with Gasteiger partial charge in [0.05, 0.1) is 16.7 Å². The number of thioether (sulfide) groups is 1. The van der Waals surface area contributed by atoms with Crippen LogP contribution in [0.25, 0.3) is 0 Å². The van der Waals surface area contributed by atoms with Gasteiger partial charge >= 0.3 is 5.97 Å². The number of carboxylic acid groups (broad SMARTS) is 1. The van der Waals surface area contributed by atoms with Crippen molar-refractivity contribution in [2.75, 3.05) is 10.7 Å². The summed E-state index contributed by atoms with van der Waals surface area (Å²) in [6.07, 6.45) is 0.0602. The number of benzene rings is 1. The molecule has 6 heteroatoms. The summed E-state index contributed by atoms with van der Waals surface area (Å²) in [5.74, 6) is -1.77. The molecule has 1 aromatic rings. The molecule has 1 saturated heterocycles. The van der Waals surface area contributed by atoms with Gasteiger partial charge in [-0.3, -0.25) is 14.4 Å². The molecule has 100 valence electrons. The average molecular weight is 279 g/mol. The highest BCUT2D eigenvalue weighted by Crippen LogP contribution is 2.29. The number of rotatable bonds is 4. The van der Waals surface area contributed by atoms with Gasteiger partial charge in [-0.2, -0.15) is 0 Å². The van der Waals surface area contributed by atoms with Crippen LogP contribution in [0.2, 0.25) is 0 Å². The SMILES string of the molecule is Cc1cccc(N2C(=O)C[C@@H](SCC(=O)O)C2=O)c1. The normalized spacial score (nSPS) is 19.0. The summed E-state index contributed by atoms with van der Waals surface area (Å²) in [4.78, 5) is 35.7. The highest BCUT2D eigenvalue weighted by molar-refractivity contribution is 8.01. The summed E-state index contributed by atoms with van der Waals surface area (Å²) in [5.41, 5.74) is 1.51. The summed E-state index contributed by atoms with van der Waals surface area (Å²) in [7, 11) is 0. The molecule has 1 aromatic carbocycles. The topological polar surface area (TPSA) is 74.7 Å². The van der Waals surface area contributed by atoms with Crippen molar-refractivity contribution >= 4 is 35.2 Å². The molecule has 0 aromatic heterocycles. The van der Waals surface area contributed by atoms with E-state index in [2.05, 4.69) is 0 Å². The van der Waals surface area contributed by atoms with Crippen molar-refractivity contribution in [1.82, 2.24) is 0 Å². The molecule has 0 aliphatic carbocycles. The predicted molar refractivity (Wildman–Crippen MR) is 72.2 cm³/mol. The molecule has 1 aliphatic rings. The second-order valence-corrected chi connectivity index (χ2v) is 5.49. The number of aryl methyl sites for hydroxylation is 1. The third-order valence-electron chi connectivity index (χ3n) is 2.77. The largest absolute Gasteiger partial charge is 0.481 e. The summed E-state index contributed by atoms with van der Waals surface area (Å²) in [6.45, 7) is 1.88. The zero-order chi connectivity index (χ0) is 14.0. The van der Waals surface area contributed by atoms with E-state index < -0.39 is 11.2 Å². The Bertz CT molecular complexity index is 543. The molecule has 0 unspecified atom stereocenters. The lowest BCUT2D eigenvalue weighted by Gasteiger charge is -2.15. The molecule has 0 spiro atoms. The van der Waals surface area contributed by atoms with Crippen LogP contribution in [-0.4, -0.2) is 33.9 Å². The Hall–Kier alpha value is -1.82.